The highest BCUT2D eigenvalue weighted by atomic mass is 35.5. The predicted octanol–water partition coefficient (Wildman–Crippen LogP) is 1.29. The van der Waals surface area contributed by atoms with Crippen molar-refractivity contribution in [2.24, 2.45) is 0 Å². The Balaban J connectivity index is 2.78. The lowest BCUT2D eigenvalue weighted by Gasteiger charge is -2.15. The Kier molecular flexibility index (Phi) is 5.30. The molecule has 0 aliphatic rings. The third-order valence-electron chi connectivity index (χ3n) is 3.35. The maximum Gasteiger partial charge on any atom is 0.433 e. The fourth-order valence-electron chi connectivity index (χ4n) is 2.02. The second-order valence-electron chi connectivity index (χ2n) is 5.14. The number of halogens is 5. The highest BCUT2D eigenvalue weighted by Crippen LogP contribution is 2.29. The van der Waals surface area contributed by atoms with Crippen LogP contribution in [0.25, 0.3) is 5.69 Å². The lowest BCUT2D eigenvalue weighted by molar-refractivity contribution is -0.143. The number of nitrogens with one attached hydrogen (secondary N) is 1. The molecule has 2 aromatic rings. The van der Waals surface area contributed by atoms with Crippen LogP contribution in [0, 0.1) is 5.82 Å². The van der Waals surface area contributed by atoms with Crippen LogP contribution in [0.2, 0.25) is 5.02 Å². The molecule has 0 fully saturated rings. The fourth-order valence-corrected chi connectivity index (χ4v) is 2.92. The lowest BCUT2D eigenvalue weighted by atomic mass is 10.2. The number of aromatic nitrogens is 2. The van der Waals surface area contributed by atoms with Crippen LogP contribution in [0.4, 0.5) is 23.2 Å². The molecule has 1 heterocycles. The number of nitrogen functional groups attached to an aromatic ring is 1. The Morgan fingerprint density at radius 2 is 1.81 bits per heavy atom. The van der Waals surface area contributed by atoms with Gasteiger partial charge >= 0.3 is 11.9 Å². The van der Waals surface area contributed by atoms with Gasteiger partial charge < -0.3 is 5.84 Å². The summed E-state index contributed by atoms with van der Waals surface area (Å²) in [6.45, 7) is 1.30. The second-order valence-corrected chi connectivity index (χ2v) is 7.56. The van der Waals surface area contributed by atoms with Crippen molar-refractivity contribution in [3.63, 3.8) is 0 Å². The number of hydrogen-bond donors (Lipinski definition) is 2. The van der Waals surface area contributed by atoms with Crippen molar-refractivity contribution >= 4 is 27.3 Å². The summed E-state index contributed by atoms with van der Waals surface area (Å²) < 4.78 is 77.6. The monoisotopic (exact) mass is 430 g/mol. The third-order valence-corrected chi connectivity index (χ3v) is 4.95. The summed E-state index contributed by atoms with van der Waals surface area (Å²) in [4.78, 5) is 24.1. The molecular formula is C13H11ClF4N4O4S. The number of alkyl halides is 3. The number of nitrogens with two attached hydrogens (primary N) is 1. The van der Waals surface area contributed by atoms with E-state index in [1.165, 1.54) is 6.92 Å². The number of rotatable bonds is 4. The van der Waals surface area contributed by atoms with Crippen molar-refractivity contribution in [3.8, 4) is 5.69 Å². The van der Waals surface area contributed by atoms with E-state index in [0.717, 1.165) is 0 Å². The summed E-state index contributed by atoms with van der Waals surface area (Å²) in [6, 6.07) is 1.29. The van der Waals surface area contributed by atoms with E-state index >= 15 is 0 Å². The zero-order chi connectivity index (χ0) is 20.7. The van der Waals surface area contributed by atoms with Crippen LogP contribution in [0.3, 0.4) is 0 Å². The molecule has 148 valence electrons. The maximum atomic E-state index is 14.2. The quantitative estimate of drug-likeness (QED) is 0.560. The van der Waals surface area contributed by atoms with Gasteiger partial charge in [0.05, 0.1) is 22.2 Å². The molecule has 0 saturated carbocycles. The standard InChI is InChI=1S/C13H11ClF4N4O4S/c1-2-27(25,26)20-8-4-9(7(15)3-6(8)14)21-11(23)5-10(13(16,17)18)22(19)12(21)24/h3-5,20H,2,19H2,1H3. The van der Waals surface area contributed by atoms with Gasteiger partial charge in [-0.05, 0) is 19.1 Å². The molecule has 0 saturated heterocycles. The number of nitrogens with zero attached hydrogens (tertiary/aromatic N) is 2. The summed E-state index contributed by atoms with van der Waals surface area (Å²) in [6.07, 6.45) is -5.10. The van der Waals surface area contributed by atoms with Crippen LogP contribution in [0.1, 0.15) is 12.6 Å². The highest BCUT2D eigenvalue weighted by molar-refractivity contribution is 7.92. The number of hydrogen-bond acceptors (Lipinski definition) is 5. The molecule has 8 nitrogen and oxygen atoms in total. The average Bonchev–Trinajstić information content (AvgIpc) is 2.53. The van der Waals surface area contributed by atoms with Gasteiger partial charge in [0, 0.05) is 6.07 Å². The lowest BCUT2D eigenvalue weighted by Crippen LogP contribution is -2.45. The topological polar surface area (TPSA) is 116 Å². The Hall–Kier alpha value is -2.54. The van der Waals surface area contributed by atoms with E-state index < -0.39 is 49.7 Å². The second kappa shape index (κ2) is 6.88. The molecule has 1 aromatic heterocycles. The summed E-state index contributed by atoms with van der Waals surface area (Å²) in [5.74, 6) is 3.45. The zero-order valence-electron chi connectivity index (χ0n) is 13.3. The molecule has 0 aliphatic heterocycles. The Morgan fingerprint density at radius 1 is 1.22 bits per heavy atom. The van der Waals surface area contributed by atoms with Gasteiger partial charge in [-0.15, -0.1) is 0 Å². The van der Waals surface area contributed by atoms with Gasteiger partial charge in [0.15, 0.2) is 5.69 Å². The van der Waals surface area contributed by atoms with E-state index in [4.69, 9.17) is 17.4 Å². The van der Waals surface area contributed by atoms with Crippen molar-refractivity contribution in [2.45, 2.75) is 13.1 Å². The van der Waals surface area contributed by atoms with Crippen LogP contribution in [0.5, 0.6) is 0 Å². The zero-order valence-corrected chi connectivity index (χ0v) is 14.9. The number of anilines is 1. The van der Waals surface area contributed by atoms with Crippen LogP contribution < -0.4 is 21.8 Å². The summed E-state index contributed by atoms with van der Waals surface area (Å²) in [5, 5.41) is -0.402. The maximum absolute atomic E-state index is 14.2. The van der Waals surface area contributed by atoms with E-state index in [0.29, 0.717) is 12.1 Å². The van der Waals surface area contributed by atoms with Crippen LogP contribution in [0.15, 0.2) is 27.8 Å². The van der Waals surface area contributed by atoms with Crippen LogP contribution >= 0.6 is 11.6 Å². The molecular weight excluding hydrogens is 420 g/mol. The molecule has 0 aliphatic carbocycles. The minimum absolute atomic E-state index is 0.00529. The van der Waals surface area contributed by atoms with Crippen molar-refractivity contribution < 1.29 is 26.0 Å². The van der Waals surface area contributed by atoms with E-state index in [2.05, 4.69) is 0 Å². The van der Waals surface area contributed by atoms with Gasteiger partial charge in [-0.25, -0.2) is 26.8 Å². The molecule has 0 atom stereocenters. The molecule has 0 unspecified atom stereocenters. The minimum atomic E-state index is -5.10. The van der Waals surface area contributed by atoms with Gasteiger partial charge in [-0.3, -0.25) is 9.52 Å². The first kappa shape index (κ1) is 20.8. The predicted molar refractivity (Wildman–Crippen MR) is 89.5 cm³/mol. The summed E-state index contributed by atoms with van der Waals surface area (Å²) >= 11 is 5.74. The van der Waals surface area contributed by atoms with Gasteiger partial charge in [-0.1, -0.05) is 11.6 Å². The Bertz CT molecular complexity index is 1120. The largest absolute Gasteiger partial charge is 0.433 e. The van der Waals surface area contributed by atoms with Crippen LogP contribution in [-0.4, -0.2) is 23.4 Å². The first-order chi connectivity index (χ1) is 12.3. The van der Waals surface area contributed by atoms with E-state index in [1.807, 2.05) is 4.72 Å². The van der Waals surface area contributed by atoms with Gasteiger partial charge in [0.25, 0.3) is 5.56 Å². The van der Waals surface area contributed by atoms with Crippen molar-refractivity contribution in [3.05, 3.63) is 55.6 Å². The normalized spacial score (nSPS) is 12.2. The van der Waals surface area contributed by atoms with Crippen LogP contribution in [-0.2, 0) is 16.2 Å². The fraction of sp³-hybridized carbons (Fsp3) is 0.231. The van der Waals surface area contributed by atoms with Gasteiger partial charge in [0.2, 0.25) is 10.0 Å². The van der Waals surface area contributed by atoms with Crippen molar-refractivity contribution in [1.29, 1.82) is 0 Å². The average molecular weight is 431 g/mol. The first-order valence-electron chi connectivity index (χ1n) is 6.99. The Morgan fingerprint density at radius 3 is 2.33 bits per heavy atom. The third kappa shape index (κ3) is 4.08. The van der Waals surface area contributed by atoms with E-state index in [1.54, 1.807) is 0 Å². The minimum Gasteiger partial charge on any atom is -0.335 e. The Labute approximate surface area is 153 Å². The molecule has 0 spiro atoms. The molecule has 0 bridgehead atoms. The smallest absolute Gasteiger partial charge is 0.335 e. The number of sulfonamides is 1. The molecule has 27 heavy (non-hydrogen) atoms. The van der Waals surface area contributed by atoms with Crippen molar-refractivity contribution in [2.75, 3.05) is 16.3 Å². The SMILES string of the molecule is CCS(=O)(=O)Nc1cc(-n2c(=O)cc(C(F)(F)F)n(N)c2=O)c(F)cc1Cl. The molecule has 14 heteroatoms. The molecule has 0 radical (unpaired) electrons. The molecule has 0 amide bonds. The van der Waals surface area contributed by atoms with E-state index in [9.17, 15) is 35.6 Å². The van der Waals surface area contributed by atoms with Gasteiger partial charge in [-0.2, -0.15) is 13.2 Å². The van der Waals surface area contributed by atoms with Gasteiger partial charge in [0.1, 0.15) is 5.82 Å². The highest BCUT2D eigenvalue weighted by Gasteiger charge is 2.36. The van der Waals surface area contributed by atoms with E-state index in [-0.39, 0.29) is 26.7 Å². The number of benzene rings is 1. The molecule has 3 N–H and O–H groups in total. The molecule has 1 aromatic carbocycles. The van der Waals surface area contributed by atoms with Crippen molar-refractivity contribution in [1.82, 2.24) is 9.24 Å². The first-order valence-corrected chi connectivity index (χ1v) is 9.02. The summed E-state index contributed by atoms with van der Waals surface area (Å²) in [7, 11) is -3.86. The summed E-state index contributed by atoms with van der Waals surface area (Å²) in [5.41, 5.74) is -6.18. The molecule has 2 rings (SSSR count).